The largest absolute Gasteiger partial charge is 0.351 e. The van der Waals surface area contributed by atoms with Gasteiger partial charge in [0.25, 0.3) is 0 Å². The van der Waals surface area contributed by atoms with E-state index in [-0.39, 0.29) is 12.5 Å². The van der Waals surface area contributed by atoms with Gasteiger partial charge in [0.15, 0.2) is 0 Å². The molecular formula is C16H23N3O2. The molecule has 2 rings (SSSR count). The molecule has 0 radical (unpaired) electrons. The van der Waals surface area contributed by atoms with E-state index in [0.29, 0.717) is 6.04 Å². The van der Waals surface area contributed by atoms with Crippen molar-refractivity contribution in [3.8, 4) is 0 Å². The Morgan fingerprint density at radius 1 is 1.19 bits per heavy atom. The van der Waals surface area contributed by atoms with E-state index >= 15 is 0 Å². The lowest BCUT2D eigenvalue weighted by Crippen LogP contribution is -2.45. The van der Waals surface area contributed by atoms with E-state index in [1.807, 2.05) is 18.2 Å². The molecule has 1 saturated carbocycles. The number of amides is 3. The molecule has 114 valence electrons. The molecule has 0 saturated heterocycles. The Hall–Kier alpha value is -1.88. The van der Waals surface area contributed by atoms with E-state index in [0.717, 1.165) is 25.8 Å². The number of rotatable bonds is 6. The van der Waals surface area contributed by atoms with Gasteiger partial charge in [-0.15, -0.1) is 0 Å². The Kier molecular flexibility index (Phi) is 5.75. The molecule has 0 unspecified atom stereocenters. The number of nitrogens with one attached hydrogen (secondary N) is 1. The Morgan fingerprint density at radius 3 is 2.48 bits per heavy atom. The summed E-state index contributed by atoms with van der Waals surface area (Å²) in [5.74, 6) is -0.317. The normalized spacial score (nSPS) is 15.3. The summed E-state index contributed by atoms with van der Waals surface area (Å²) in [5.41, 5.74) is 6.26. The molecule has 0 atom stereocenters. The van der Waals surface area contributed by atoms with Crippen molar-refractivity contribution in [2.24, 2.45) is 5.73 Å². The average Bonchev–Trinajstić information content (AvgIpc) is 2.97. The van der Waals surface area contributed by atoms with Crippen LogP contribution in [0.5, 0.6) is 0 Å². The number of nitrogens with two attached hydrogens (primary N) is 1. The molecule has 1 aromatic rings. The molecule has 1 fully saturated rings. The van der Waals surface area contributed by atoms with Crippen LogP contribution in [0.1, 0.15) is 31.2 Å². The Balaban J connectivity index is 1.92. The molecule has 0 aromatic heterocycles. The summed E-state index contributed by atoms with van der Waals surface area (Å²) >= 11 is 0. The number of hydrogen-bond acceptors (Lipinski definition) is 3. The lowest BCUT2D eigenvalue weighted by atomic mass is 10.1. The van der Waals surface area contributed by atoms with Gasteiger partial charge < -0.3 is 5.73 Å². The zero-order valence-corrected chi connectivity index (χ0v) is 12.3. The number of nitrogens with zero attached hydrogens (tertiary/aromatic N) is 1. The van der Waals surface area contributed by atoms with E-state index in [1.54, 1.807) is 0 Å². The first kappa shape index (κ1) is 15.5. The van der Waals surface area contributed by atoms with Crippen LogP contribution < -0.4 is 11.1 Å². The number of benzene rings is 1. The highest BCUT2D eigenvalue weighted by atomic mass is 16.2. The summed E-state index contributed by atoms with van der Waals surface area (Å²) < 4.78 is 0. The van der Waals surface area contributed by atoms with Crippen molar-refractivity contribution in [2.75, 3.05) is 13.1 Å². The van der Waals surface area contributed by atoms with Crippen molar-refractivity contribution in [3.63, 3.8) is 0 Å². The van der Waals surface area contributed by atoms with Gasteiger partial charge in [0.2, 0.25) is 5.91 Å². The van der Waals surface area contributed by atoms with Crippen LogP contribution in [-0.2, 0) is 11.2 Å². The maximum atomic E-state index is 11.8. The molecule has 1 aromatic carbocycles. The van der Waals surface area contributed by atoms with Crippen molar-refractivity contribution < 1.29 is 9.59 Å². The van der Waals surface area contributed by atoms with Crippen LogP contribution in [0, 0.1) is 0 Å². The van der Waals surface area contributed by atoms with Crippen LogP contribution in [0.15, 0.2) is 30.3 Å². The number of carbonyl (C=O) groups is 2. The third-order valence-electron chi connectivity index (χ3n) is 3.98. The first-order chi connectivity index (χ1) is 10.1. The zero-order valence-electron chi connectivity index (χ0n) is 12.3. The first-order valence-electron chi connectivity index (χ1n) is 7.52. The maximum Gasteiger partial charge on any atom is 0.318 e. The minimum Gasteiger partial charge on any atom is -0.351 e. The average molecular weight is 289 g/mol. The molecule has 1 aliphatic carbocycles. The predicted octanol–water partition coefficient (Wildman–Crippen LogP) is 1.67. The van der Waals surface area contributed by atoms with E-state index in [9.17, 15) is 9.59 Å². The van der Waals surface area contributed by atoms with E-state index < -0.39 is 6.03 Å². The number of hydrogen-bond donors (Lipinski definition) is 2. The second kappa shape index (κ2) is 7.78. The van der Waals surface area contributed by atoms with Crippen LogP contribution in [0.2, 0.25) is 0 Å². The van der Waals surface area contributed by atoms with Gasteiger partial charge in [-0.1, -0.05) is 43.2 Å². The molecule has 0 aliphatic heterocycles. The van der Waals surface area contributed by atoms with Crippen LogP contribution in [0.25, 0.3) is 0 Å². The van der Waals surface area contributed by atoms with Gasteiger partial charge in [0.1, 0.15) is 0 Å². The highest BCUT2D eigenvalue weighted by Crippen LogP contribution is 2.23. The second-order valence-electron chi connectivity index (χ2n) is 5.56. The first-order valence-corrected chi connectivity index (χ1v) is 7.52. The molecule has 0 heterocycles. The third-order valence-corrected chi connectivity index (χ3v) is 3.98. The number of primary amides is 1. The molecule has 0 spiro atoms. The molecule has 0 bridgehead atoms. The van der Waals surface area contributed by atoms with Crippen molar-refractivity contribution in [1.29, 1.82) is 0 Å². The van der Waals surface area contributed by atoms with Gasteiger partial charge in [-0.25, -0.2) is 4.79 Å². The molecule has 3 amide bonds. The fourth-order valence-corrected chi connectivity index (χ4v) is 2.94. The number of imide groups is 1. The van der Waals surface area contributed by atoms with Gasteiger partial charge in [0.05, 0.1) is 6.54 Å². The molecule has 3 N–H and O–H groups in total. The molecule has 5 heteroatoms. The van der Waals surface area contributed by atoms with Crippen LogP contribution >= 0.6 is 0 Å². The molecule has 1 aliphatic rings. The highest BCUT2D eigenvalue weighted by molar-refractivity contribution is 5.94. The Bertz CT molecular complexity index is 470. The fraction of sp³-hybridized carbons (Fsp3) is 0.500. The number of urea groups is 1. The summed E-state index contributed by atoms with van der Waals surface area (Å²) in [7, 11) is 0. The topological polar surface area (TPSA) is 75.4 Å². The monoisotopic (exact) mass is 289 g/mol. The minimum absolute atomic E-state index is 0.237. The predicted molar refractivity (Wildman–Crippen MR) is 81.7 cm³/mol. The smallest absolute Gasteiger partial charge is 0.318 e. The third kappa shape index (κ3) is 5.19. The van der Waals surface area contributed by atoms with Crippen molar-refractivity contribution in [3.05, 3.63) is 35.9 Å². The lowest BCUT2D eigenvalue weighted by molar-refractivity contribution is -0.121. The van der Waals surface area contributed by atoms with Crippen LogP contribution in [0.3, 0.4) is 0 Å². The van der Waals surface area contributed by atoms with E-state index in [4.69, 9.17) is 5.73 Å². The Morgan fingerprint density at radius 2 is 1.86 bits per heavy atom. The van der Waals surface area contributed by atoms with Gasteiger partial charge in [-0.3, -0.25) is 15.0 Å². The van der Waals surface area contributed by atoms with Gasteiger partial charge in [-0.2, -0.15) is 0 Å². The quantitative estimate of drug-likeness (QED) is 0.836. The van der Waals surface area contributed by atoms with E-state index in [1.165, 1.54) is 18.4 Å². The Labute approximate surface area is 125 Å². The summed E-state index contributed by atoms with van der Waals surface area (Å²) in [6, 6.07) is 9.89. The SMILES string of the molecule is NC(=O)NC(=O)CN(CCc1ccccc1)C1CCCC1. The standard InChI is InChI=1S/C16H23N3O2/c17-16(21)18-15(20)12-19(14-8-4-5-9-14)11-10-13-6-2-1-3-7-13/h1-3,6-7,14H,4-5,8-12H2,(H3,17,18,20,21). The molecular weight excluding hydrogens is 266 g/mol. The van der Waals surface area contributed by atoms with Crippen LogP contribution in [0.4, 0.5) is 4.79 Å². The summed E-state index contributed by atoms with van der Waals surface area (Å²) in [5, 5.41) is 2.15. The van der Waals surface area contributed by atoms with Crippen LogP contribution in [-0.4, -0.2) is 36.0 Å². The fourth-order valence-electron chi connectivity index (χ4n) is 2.94. The summed E-state index contributed by atoms with van der Waals surface area (Å²) in [6.45, 7) is 1.06. The van der Waals surface area contributed by atoms with Gasteiger partial charge in [-0.05, 0) is 24.8 Å². The highest BCUT2D eigenvalue weighted by Gasteiger charge is 2.24. The lowest BCUT2D eigenvalue weighted by Gasteiger charge is -2.28. The summed E-state index contributed by atoms with van der Waals surface area (Å²) in [4.78, 5) is 24.7. The molecule has 21 heavy (non-hydrogen) atoms. The summed E-state index contributed by atoms with van der Waals surface area (Å²) in [6.07, 6.45) is 5.58. The van der Waals surface area contributed by atoms with Crippen molar-refractivity contribution in [2.45, 2.75) is 38.1 Å². The van der Waals surface area contributed by atoms with Crippen molar-refractivity contribution in [1.82, 2.24) is 10.2 Å². The second-order valence-corrected chi connectivity index (χ2v) is 5.56. The minimum atomic E-state index is -0.783. The van der Waals surface area contributed by atoms with Gasteiger partial charge in [0, 0.05) is 12.6 Å². The number of carbonyl (C=O) groups excluding carboxylic acids is 2. The van der Waals surface area contributed by atoms with E-state index in [2.05, 4.69) is 22.3 Å². The molecule has 5 nitrogen and oxygen atoms in total. The van der Waals surface area contributed by atoms with Gasteiger partial charge >= 0.3 is 6.03 Å². The zero-order chi connectivity index (χ0) is 15.1. The van der Waals surface area contributed by atoms with Crippen molar-refractivity contribution >= 4 is 11.9 Å². The maximum absolute atomic E-state index is 11.8.